The van der Waals surface area contributed by atoms with Gasteiger partial charge in [-0.1, -0.05) is 20.3 Å². The van der Waals surface area contributed by atoms with Crippen LogP contribution >= 0.6 is 0 Å². The smallest absolute Gasteiger partial charge is 0.0108 e. The predicted molar refractivity (Wildman–Crippen MR) is 57.7 cm³/mol. The minimum Gasteiger partial charge on any atom is -0.329 e. The summed E-state index contributed by atoms with van der Waals surface area (Å²) in [6.45, 7) is 10.2. The third kappa shape index (κ3) is 2.68. The van der Waals surface area contributed by atoms with Gasteiger partial charge in [-0.05, 0) is 25.2 Å². The van der Waals surface area contributed by atoms with Crippen molar-refractivity contribution in [3.8, 4) is 0 Å². The normalized spacial score (nSPS) is 32.3. The van der Waals surface area contributed by atoms with Crippen LogP contribution in [0.3, 0.4) is 0 Å². The Hall–Kier alpha value is -0.0800. The Labute approximate surface area is 82.5 Å². The maximum atomic E-state index is 5.58. The van der Waals surface area contributed by atoms with Gasteiger partial charge in [0.25, 0.3) is 0 Å². The molecule has 1 aliphatic rings. The predicted octanol–water partition coefficient (Wildman–Crippen LogP) is 1.70. The Kier molecular flexibility index (Phi) is 4.20. The molecule has 0 saturated carbocycles. The van der Waals surface area contributed by atoms with Crippen molar-refractivity contribution >= 4 is 0 Å². The molecule has 0 aromatic rings. The monoisotopic (exact) mass is 184 g/mol. The standard InChI is InChI=1S/C11H24N2/c1-4-9(2)11-7-10(3)13(8-11)6-5-12/h9-11H,4-8,12H2,1-3H3/t9-,10+,11?/m0/s1. The second kappa shape index (κ2) is 4.97. The van der Waals surface area contributed by atoms with Crippen LogP contribution in [0.2, 0.25) is 0 Å². The Balaban J connectivity index is 2.40. The van der Waals surface area contributed by atoms with E-state index in [0.717, 1.165) is 31.0 Å². The first-order valence-electron chi connectivity index (χ1n) is 5.63. The fourth-order valence-corrected chi connectivity index (χ4v) is 2.37. The molecule has 1 rings (SSSR count). The van der Waals surface area contributed by atoms with E-state index in [0.29, 0.717) is 0 Å². The number of hydrogen-bond donors (Lipinski definition) is 1. The topological polar surface area (TPSA) is 29.3 Å². The summed E-state index contributed by atoms with van der Waals surface area (Å²) < 4.78 is 0. The van der Waals surface area contributed by atoms with Crippen molar-refractivity contribution in [1.29, 1.82) is 0 Å². The summed E-state index contributed by atoms with van der Waals surface area (Å²) in [5.41, 5.74) is 5.58. The van der Waals surface area contributed by atoms with Gasteiger partial charge in [-0.3, -0.25) is 4.90 Å². The van der Waals surface area contributed by atoms with Gasteiger partial charge < -0.3 is 5.73 Å². The van der Waals surface area contributed by atoms with E-state index in [1.807, 2.05) is 0 Å². The molecule has 0 radical (unpaired) electrons. The largest absolute Gasteiger partial charge is 0.329 e. The van der Waals surface area contributed by atoms with E-state index in [4.69, 9.17) is 5.73 Å². The Morgan fingerprint density at radius 3 is 2.77 bits per heavy atom. The number of hydrogen-bond acceptors (Lipinski definition) is 2. The van der Waals surface area contributed by atoms with Crippen molar-refractivity contribution in [3.05, 3.63) is 0 Å². The van der Waals surface area contributed by atoms with Gasteiger partial charge in [0.15, 0.2) is 0 Å². The summed E-state index contributed by atoms with van der Waals surface area (Å²) in [6, 6.07) is 0.752. The lowest BCUT2D eigenvalue weighted by atomic mass is 9.90. The minimum atomic E-state index is 0.752. The molecule has 3 atom stereocenters. The second-order valence-electron chi connectivity index (χ2n) is 4.51. The summed E-state index contributed by atoms with van der Waals surface area (Å²) >= 11 is 0. The minimum absolute atomic E-state index is 0.752. The van der Waals surface area contributed by atoms with Crippen molar-refractivity contribution in [3.63, 3.8) is 0 Å². The van der Waals surface area contributed by atoms with Crippen LogP contribution in [0.1, 0.15) is 33.6 Å². The Morgan fingerprint density at radius 1 is 1.54 bits per heavy atom. The number of rotatable bonds is 4. The van der Waals surface area contributed by atoms with Crippen LogP contribution in [0.4, 0.5) is 0 Å². The first-order chi connectivity index (χ1) is 6.19. The molecule has 0 bridgehead atoms. The zero-order valence-corrected chi connectivity index (χ0v) is 9.29. The molecule has 1 heterocycles. The van der Waals surface area contributed by atoms with E-state index >= 15 is 0 Å². The highest BCUT2D eigenvalue weighted by Crippen LogP contribution is 2.29. The number of nitrogens with zero attached hydrogens (tertiary/aromatic N) is 1. The third-order valence-corrected chi connectivity index (χ3v) is 3.60. The molecule has 1 aliphatic heterocycles. The molecule has 13 heavy (non-hydrogen) atoms. The second-order valence-corrected chi connectivity index (χ2v) is 4.51. The van der Waals surface area contributed by atoms with Crippen molar-refractivity contribution < 1.29 is 0 Å². The van der Waals surface area contributed by atoms with Crippen LogP contribution < -0.4 is 5.73 Å². The molecule has 0 spiro atoms. The first kappa shape index (κ1) is 11.0. The molecule has 1 unspecified atom stereocenters. The van der Waals surface area contributed by atoms with Crippen LogP contribution in [0.5, 0.6) is 0 Å². The van der Waals surface area contributed by atoms with E-state index in [-0.39, 0.29) is 0 Å². The molecule has 2 heteroatoms. The Bertz CT molecular complexity index is 147. The number of likely N-dealkylation sites (tertiary alicyclic amines) is 1. The lowest BCUT2D eigenvalue weighted by Crippen LogP contribution is -2.32. The highest BCUT2D eigenvalue weighted by molar-refractivity contribution is 4.84. The average molecular weight is 184 g/mol. The van der Waals surface area contributed by atoms with Crippen LogP contribution in [0, 0.1) is 11.8 Å². The zero-order valence-electron chi connectivity index (χ0n) is 9.29. The molecule has 2 nitrogen and oxygen atoms in total. The molecule has 2 N–H and O–H groups in total. The van der Waals surface area contributed by atoms with Gasteiger partial charge in [-0.25, -0.2) is 0 Å². The maximum Gasteiger partial charge on any atom is 0.0108 e. The summed E-state index contributed by atoms with van der Waals surface area (Å²) in [6.07, 6.45) is 2.68. The zero-order chi connectivity index (χ0) is 9.84. The summed E-state index contributed by atoms with van der Waals surface area (Å²) in [7, 11) is 0. The molecular formula is C11H24N2. The van der Waals surface area contributed by atoms with Crippen molar-refractivity contribution in [2.75, 3.05) is 19.6 Å². The quantitative estimate of drug-likeness (QED) is 0.720. The molecule has 1 saturated heterocycles. The van der Waals surface area contributed by atoms with Crippen molar-refractivity contribution in [1.82, 2.24) is 4.90 Å². The molecule has 0 amide bonds. The van der Waals surface area contributed by atoms with Gasteiger partial charge in [0, 0.05) is 25.7 Å². The number of nitrogens with two attached hydrogens (primary N) is 1. The van der Waals surface area contributed by atoms with E-state index in [1.54, 1.807) is 0 Å². The molecule has 0 aliphatic carbocycles. The van der Waals surface area contributed by atoms with Gasteiger partial charge in [0.1, 0.15) is 0 Å². The fraction of sp³-hybridized carbons (Fsp3) is 1.00. The van der Waals surface area contributed by atoms with Gasteiger partial charge >= 0.3 is 0 Å². The van der Waals surface area contributed by atoms with Crippen LogP contribution in [-0.2, 0) is 0 Å². The summed E-state index contributed by atoms with van der Waals surface area (Å²) in [4.78, 5) is 2.54. The van der Waals surface area contributed by atoms with Gasteiger partial charge in [-0.15, -0.1) is 0 Å². The molecule has 0 aromatic heterocycles. The van der Waals surface area contributed by atoms with Crippen molar-refractivity contribution in [2.24, 2.45) is 17.6 Å². The van der Waals surface area contributed by atoms with E-state index in [2.05, 4.69) is 25.7 Å². The van der Waals surface area contributed by atoms with Crippen LogP contribution in [-0.4, -0.2) is 30.6 Å². The third-order valence-electron chi connectivity index (χ3n) is 3.60. The van der Waals surface area contributed by atoms with Crippen molar-refractivity contribution in [2.45, 2.75) is 39.7 Å². The highest BCUT2D eigenvalue weighted by Gasteiger charge is 2.30. The van der Waals surface area contributed by atoms with E-state index < -0.39 is 0 Å². The first-order valence-corrected chi connectivity index (χ1v) is 5.63. The maximum absolute atomic E-state index is 5.58. The van der Waals surface area contributed by atoms with Crippen LogP contribution in [0.25, 0.3) is 0 Å². The van der Waals surface area contributed by atoms with Gasteiger partial charge in [0.2, 0.25) is 0 Å². The molecular weight excluding hydrogens is 160 g/mol. The van der Waals surface area contributed by atoms with Gasteiger partial charge in [-0.2, -0.15) is 0 Å². The van der Waals surface area contributed by atoms with E-state index in [9.17, 15) is 0 Å². The van der Waals surface area contributed by atoms with Crippen LogP contribution in [0.15, 0.2) is 0 Å². The average Bonchev–Trinajstić information content (AvgIpc) is 2.47. The molecule has 1 fully saturated rings. The highest BCUT2D eigenvalue weighted by atomic mass is 15.2. The fourth-order valence-electron chi connectivity index (χ4n) is 2.37. The SMILES string of the molecule is CC[C@H](C)C1C[C@@H](C)N(CCN)C1. The lowest BCUT2D eigenvalue weighted by Gasteiger charge is -2.20. The van der Waals surface area contributed by atoms with Gasteiger partial charge in [0.05, 0.1) is 0 Å². The lowest BCUT2D eigenvalue weighted by molar-refractivity contribution is 0.262. The summed E-state index contributed by atoms with van der Waals surface area (Å²) in [5, 5.41) is 0. The van der Waals surface area contributed by atoms with E-state index in [1.165, 1.54) is 19.4 Å². The summed E-state index contributed by atoms with van der Waals surface area (Å²) in [5.74, 6) is 1.79. The Morgan fingerprint density at radius 2 is 2.23 bits per heavy atom. The molecule has 0 aromatic carbocycles. The molecule has 78 valence electrons.